The van der Waals surface area contributed by atoms with Gasteiger partial charge in [0.05, 0.1) is 25.9 Å². The number of hydrogen-bond acceptors (Lipinski definition) is 7. The summed E-state index contributed by atoms with van der Waals surface area (Å²) in [5.74, 6) is -0.542. The second-order valence-electron chi connectivity index (χ2n) is 4.14. The van der Waals surface area contributed by atoms with Gasteiger partial charge in [0, 0.05) is 6.20 Å². The molecule has 0 atom stereocenters. The summed E-state index contributed by atoms with van der Waals surface area (Å²) < 4.78 is 9.82. The number of amides is 1. The van der Waals surface area contributed by atoms with Crippen LogP contribution in [0.4, 0.5) is 5.69 Å². The summed E-state index contributed by atoms with van der Waals surface area (Å²) in [5, 5.41) is 11.7. The van der Waals surface area contributed by atoms with Gasteiger partial charge in [-0.05, 0) is 19.1 Å². The minimum Gasteiger partial charge on any atom is -0.495 e. The summed E-state index contributed by atoms with van der Waals surface area (Å²) in [6.45, 7) is 1.77. The van der Waals surface area contributed by atoms with Gasteiger partial charge in [-0.15, -0.1) is 0 Å². The van der Waals surface area contributed by atoms with Gasteiger partial charge in [0.2, 0.25) is 0 Å². The van der Waals surface area contributed by atoms with E-state index in [1.54, 1.807) is 25.1 Å². The van der Waals surface area contributed by atoms with Crippen molar-refractivity contribution >= 4 is 17.6 Å². The van der Waals surface area contributed by atoms with E-state index in [0.717, 1.165) is 6.20 Å². The smallest absolute Gasteiger partial charge is 0.350 e. The van der Waals surface area contributed by atoms with E-state index in [4.69, 9.17) is 10.00 Å². The van der Waals surface area contributed by atoms with Crippen molar-refractivity contribution in [3.63, 3.8) is 0 Å². The molecule has 8 heteroatoms. The molecule has 0 aliphatic rings. The second-order valence-corrected chi connectivity index (χ2v) is 4.14. The Bertz CT molecular complexity index is 622. The number of nitrogens with zero attached hydrogens (tertiary/aromatic N) is 1. The number of benzene rings is 1. The van der Waals surface area contributed by atoms with Crippen LogP contribution in [0.25, 0.3) is 0 Å². The van der Waals surface area contributed by atoms with Crippen molar-refractivity contribution < 1.29 is 19.1 Å². The molecule has 122 valence electrons. The molecule has 8 nitrogen and oxygen atoms in total. The fraction of sp³-hybridized carbons (Fsp3) is 0.267. The molecule has 0 saturated heterocycles. The number of para-hydroxylation sites is 2. The number of methoxy groups -OCH3 is 1. The summed E-state index contributed by atoms with van der Waals surface area (Å²) >= 11 is 0. The molecule has 23 heavy (non-hydrogen) atoms. The minimum atomic E-state index is -0.760. The van der Waals surface area contributed by atoms with Gasteiger partial charge >= 0.3 is 5.97 Å². The van der Waals surface area contributed by atoms with E-state index in [-0.39, 0.29) is 18.7 Å². The molecule has 3 N–H and O–H groups in total. The zero-order chi connectivity index (χ0) is 17.1. The van der Waals surface area contributed by atoms with Gasteiger partial charge in [-0.25, -0.2) is 4.79 Å². The molecule has 1 rings (SSSR count). The van der Waals surface area contributed by atoms with E-state index < -0.39 is 11.9 Å². The molecule has 0 radical (unpaired) electrons. The van der Waals surface area contributed by atoms with E-state index in [9.17, 15) is 9.59 Å². The van der Waals surface area contributed by atoms with Crippen LogP contribution in [0.15, 0.2) is 36.0 Å². The predicted molar refractivity (Wildman–Crippen MR) is 83.1 cm³/mol. The van der Waals surface area contributed by atoms with Crippen molar-refractivity contribution in [2.24, 2.45) is 0 Å². The molecule has 1 aromatic rings. The lowest BCUT2D eigenvalue weighted by Gasteiger charge is -2.11. The topological polar surface area (TPSA) is 112 Å². The average Bonchev–Trinajstić information content (AvgIpc) is 2.57. The van der Waals surface area contributed by atoms with Gasteiger partial charge in [0.15, 0.2) is 5.57 Å². The lowest BCUT2D eigenvalue weighted by molar-refractivity contribution is -0.138. The molecule has 0 spiro atoms. The van der Waals surface area contributed by atoms with Crippen LogP contribution in [0.5, 0.6) is 5.75 Å². The third-order valence-corrected chi connectivity index (χ3v) is 2.59. The maximum absolute atomic E-state index is 11.7. The highest BCUT2D eigenvalue weighted by Crippen LogP contribution is 2.22. The monoisotopic (exact) mass is 318 g/mol. The molecule has 0 fully saturated rings. The highest BCUT2D eigenvalue weighted by atomic mass is 16.5. The Morgan fingerprint density at radius 3 is 2.74 bits per heavy atom. The first-order chi connectivity index (χ1) is 11.1. The van der Waals surface area contributed by atoms with E-state index in [2.05, 4.69) is 20.9 Å². The summed E-state index contributed by atoms with van der Waals surface area (Å²) in [5.41, 5.74) is 5.13. The average molecular weight is 318 g/mol. The van der Waals surface area contributed by atoms with Crippen LogP contribution in [0, 0.1) is 11.3 Å². The van der Waals surface area contributed by atoms with Crippen LogP contribution in [0.2, 0.25) is 0 Å². The van der Waals surface area contributed by atoms with Crippen LogP contribution >= 0.6 is 0 Å². The van der Waals surface area contributed by atoms with E-state index in [1.807, 2.05) is 12.1 Å². The third-order valence-electron chi connectivity index (χ3n) is 2.59. The number of carbonyl (C=O) groups excluding carboxylic acids is 2. The molecule has 0 bridgehead atoms. The number of ether oxygens (including phenoxy) is 2. The number of hydrazine groups is 1. The van der Waals surface area contributed by atoms with Gasteiger partial charge in [-0.3, -0.25) is 10.2 Å². The fourth-order valence-electron chi connectivity index (χ4n) is 1.54. The largest absolute Gasteiger partial charge is 0.495 e. The SMILES string of the molecule is CCOC(=O)/C(C#N)=C/NNC(=O)CNc1ccccc1OC. The molecule has 0 saturated carbocycles. The van der Waals surface area contributed by atoms with Gasteiger partial charge in [-0.2, -0.15) is 5.26 Å². The summed E-state index contributed by atoms with van der Waals surface area (Å²) in [4.78, 5) is 23.0. The number of nitriles is 1. The maximum Gasteiger partial charge on any atom is 0.350 e. The number of rotatable bonds is 8. The number of nitrogens with one attached hydrogen (secondary N) is 3. The second kappa shape index (κ2) is 9.68. The van der Waals surface area contributed by atoms with Gasteiger partial charge in [0.25, 0.3) is 5.91 Å². The standard InChI is InChI=1S/C15H18N4O4/c1-3-23-15(21)11(8-16)9-18-19-14(20)10-17-12-6-4-5-7-13(12)22-2/h4-7,9,17-18H,3,10H2,1-2H3,(H,19,20)/b11-9+. The number of esters is 1. The summed E-state index contributed by atoms with van der Waals surface area (Å²) in [6.07, 6.45) is 1.07. The molecule has 1 aromatic carbocycles. The molecular weight excluding hydrogens is 300 g/mol. The Morgan fingerprint density at radius 2 is 2.09 bits per heavy atom. The van der Waals surface area contributed by atoms with Crippen molar-refractivity contribution in [1.29, 1.82) is 5.26 Å². The minimum absolute atomic E-state index is 0.0253. The number of carbonyl (C=O) groups is 2. The van der Waals surface area contributed by atoms with E-state index in [0.29, 0.717) is 11.4 Å². The molecule has 0 aliphatic heterocycles. The van der Waals surface area contributed by atoms with E-state index in [1.165, 1.54) is 7.11 Å². The molecular formula is C15H18N4O4. The van der Waals surface area contributed by atoms with Crippen LogP contribution in [0.1, 0.15) is 6.92 Å². The first kappa shape index (κ1) is 17.8. The van der Waals surface area contributed by atoms with Crippen molar-refractivity contribution in [3.8, 4) is 11.8 Å². The lowest BCUT2D eigenvalue weighted by Crippen LogP contribution is -2.38. The van der Waals surface area contributed by atoms with Crippen molar-refractivity contribution in [2.45, 2.75) is 6.92 Å². The molecule has 0 aliphatic carbocycles. The Labute approximate surface area is 134 Å². The van der Waals surface area contributed by atoms with Crippen molar-refractivity contribution in [2.75, 3.05) is 25.6 Å². The first-order valence-electron chi connectivity index (χ1n) is 6.81. The third kappa shape index (κ3) is 5.97. The molecule has 0 aromatic heterocycles. The summed E-state index contributed by atoms with van der Waals surface area (Å²) in [6, 6.07) is 8.83. The highest BCUT2D eigenvalue weighted by Gasteiger charge is 2.09. The van der Waals surface area contributed by atoms with Gasteiger partial charge in [-0.1, -0.05) is 12.1 Å². The predicted octanol–water partition coefficient (Wildman–Crippen LogP) is 0.698. The summed E-state index contributed by atoms with van der Waals surface area (Å²) in [7, 11) is 1.53. The van der Waals surface area contributed by atoms with Crippen molar-refractivity contribution in [1.82, 2.24) is 10.9 Å². The Morgan fingerprint density at radius 1 is 1.35 bits per heavy atom. The molecule has 1 amide bonds. The van der Waals surface area contributed by atoms with Crippen LogP contribution in [0.3, 0.4) is 0 Å². The fourth-order valence-corrected chi connectivity index (χ4v) is 1.54. The zero-order valence-corrected chi connectivity index (χ0v) is 12.9. The maximum atomic E-state index is 11.7. The number of hydrogen-bond donors (Lipinski definition) is 3. The Kier molecular flexibility index (Phi) is 7.51. The lowest BCUT2D eigenvalue weighted by atomic mass is 10.3. The Balaban J connectivity index is 2.45. The van der Waals surface area contributed by atoms with Gasteiger partial charge in [0.1, 0.15) is 11.8 Å². The number of anilines is 1. The zero-order valence-electron chi connectivity index (χ0n) is 12.9. The molecule has 0 heterocycles. The Hall–Kier alpha value is -3.21. The normalized spacial score (nSPS) is 10.2. The van der Waals surface area contributed by atoms with Crippen molar-refractivity contribution in [3.05, 3.63) is 36.0 Å². The van der Waals surface area contributed by atoms with Gasteiger partial charge < -0.3 is 20.2 Å². The molecule has 0 unspecified atom stereocenters. The highest BCUT2D eigenvalue weighted by molar-refractivity contribution is 5.92. The quantitative estimate of drug-likeness (QED) is 0.280. The van der Waals surface area contributed by atoms with Crippen LogP contribution < -0.4 is 20.9 Å². The van der Waals surface area contributed by atoms with E-state index >= 15 is 0 Å². The van der Waals surface area contributed by atoms with Crippen LogP contribution in [-0.4, -0.2) is 32.1 Å². The first-order valence-corrected chi connectivity index (χ1v) is 6.81. The van der Waals surface area contributed by atoms with Crippen LogP contribution in [-0.2, 0) is 14.3 Å².